The van der Waals surface area contributed by atoms with Crippen molar-refractivity contribution in [2.45, 2.75) is 16.6 Å². The summed E-state index contributed by atoms with van der Waals surface area (Å²) >= 11 is 1.45. The molecule has 0 saturated carbocycles. The second-order valence-corrected chi connectivity index (χ2v) is 5.50. The van der Waals surface area contributed by atoms with Gasteiger partial charge in [-0.25, -0.2) is 0 Å². The van der Waals surface area contributed by atoms with Crippen LogP contribution < -0.4 is 5.32 Å². The largest absolute Gasteiger partial charge is 0.316 e. The minimum absolute atomic E-state index is 0.653. The van der Waals surface area contributed by atoms with Crippen molar-refractivity contribution in [1.82, 2.24) is 19.9 Å². The Morgan fingerprint density at radius 1 is 1.29 bits per heavy atom. The van der Waals surface area contributed by atoms with Crippen LogP contribution in [0.15, 0.2) is 52.6 Å². The number of nitriles is 1. The Bertz CT molecular complexity index is 818. The number of hydrogen-bond donors (Lipinski definition) is 1. The third kappa shape index (κ3) is 2.75. The normalized spacial score (nSPS) is 10.7. The first-order valence-electron chi connectivity index (χ1n) is 6.47. The van der Waals surface area contributed by atoms with E-state index >= 15 is 0 Å². The summed E-state index contributed by atoms with van der Waals surface area (Å²) in [4.78, 5) is 0.885. The standard InChI is InChI=1S/C15H13N5S/c1-17-10-11-5-6-13(12(8-11)9-16)21-15-19-18-14-4-2-3-7-20(14)15/h2-8,17H,10H2,1H3. The molecule has 5 nitrogen and oxygen atoms in total. The Balaban J connectivity index is 1.96. The summed E-state index contributed by atoms with van der Waals surface area (Å²) in [5, 5.41) is 21.5. The molecule has 2 heterocycles. The highest BCUT2D eigenvalue weighted by molar-refractivity contribution is 7.99. The molecule has 0 bridgehead atoms. The molecule has 0 aliphatic rings. The Kier molecular flexibility index (Phi) is 3.86. The molecule has 21 heavy (non-hydrogen) atoms. The number of aromatic nitrogens is 3. The molecule has 6 heteroatoms. The summed E-state index contributed by atoms with van der Waals surface area (Å²) in [6.45, 7) is 0.744. The van der Waals surface area contributed by atoms with Gasteiger partial charge in [0, 0.05) is 17.6 Å². The molecule has 2 aromatic heterocycles. The summed E-state index contributed by atoms with van der Waals surface area (Å²) < 4.78 is 1.91. The van der Waals surface area contributed by atoms with Crippen LogP contribution in [0.4, 0.5) is 0 Å². The predicted octanol–water partition coefficient (Wildman–Crippen LogP) is 2.47. The fraction of sp³-hybridized carbons (Fsp3) is 0.133. The van der Waals surface area contributed by atoms with Crippen LogP contribution in [0, 0.1) is 11.3 Å². The molecule has 3 aromatic rings. The predicted molar refractivity (Wildman–Crippen MR) is 81.0 cm³/mol. The van der Waals surface area contributed by atoms with Crippen molar-refractivity contribution in [1.29, 1.82) is 5.26 Å². The number of fused-ring (bicyclic) bond motifs is 1. The number of pyridine rings is 1. The lowest BCUT2D eigenvalue weighted by atomic mass is 10.1. The van der Waals surface area contributed by atoms with Crippen LogP contribution >= 0.6 is 11.8 Å². The zero-order valence-corrected chi connectivity index (χ0v) is 12.3. The zero-order chi connectivity index (χ0) is 14.7. The SMILES string of the molecule is CNCc1ccc(Sc2nnc3ccccn23)c(C#N)c1. The smallest absolute Gasteiger partial charge is 0.200 e. The summed E-state index contributed by atoms with van der Waals surface area (Å²) in [6, 6.07) is 13.9. The van der Waals surface area contributed by atoms with E-state index in [-0.39, 0.29) is 0 Å². The first-order chi connectivity index (χ1) is 10.3. The first-order valence-corrected chi connectivity index (χ1v) is 7.28. The maximum absolute atomic E-state index is 9.33. The van der Waals surface area contributed by atoms with Crippen molar-refractivity contribution in [3.05, 3.63) is 53.7 Å². The van der Waals surface area contributed by atoms with E-state index in [1.54, 1.807) is 0 Å². The molecule has 0 aliphatic carbocycles. The van der Waals surface area contributed by atoms with Gasteiger partial charge < -0.3 is 5.32 Å². The van der Waals surface area contributed by atoms with Gasteiger partial charge in [-0.05, 0) is 48.6 Å². The van der Waals surface area contributed by atoms with Crippen molar-refractivity contribution in [2.75, 3.05) is 7.05 Å². The molecule has 0 fully saturated rings. The molecule has 0 aliphatic heterocycles. The van der Waals surface area contributed by atoms with Crippen molar-refractivity contribution < 1.29 is 0 Å². The minimum atomic E-state index is 0.653. The Morgan fingerprint density at radius 2 is 2.19 bits per heavy atom. The molecule has 1 aromatic carbocycles. The third-order valence-corrected chi connectivity index (χ3v) is 4.07. The van der Waals surface area contributed by atoms with Crippen molar-refractivity contribution >= 4 is 17.4 Å². The fourth-order valence-electron chi connectivity index (χ4n) is 2.06. The number of nitrogens with one attached hydrogen (secondary N) is 1. The Morgan fingerprint density at radius 3 is 3.00 bits per heavy atom. The van der Waals surface area contributed by atoms with Gasteiger partial charge in [-0.3, -0.25) is 4.40 Å². The molecule has 0 saturated heterocycles. The quantitative estimate of drug-likeness (QED) is 0.801. The first kappa shape index (κ1) is 13.6. The highest BCUT2D eigenvalue weighted by atomic mass is 32.2. The van der Waals surface area contributed by atoms with E-state index in [4.69, 9.17) is 0 Å². The number of benzene rings is 1. The molecule has 0 unspecified atom stereocenters. The van der Waals surface area contributed by atoms with Crippen molar-refractivity contribution in [2.24, 2.45) is 0 Å². The van der Waals surface area contributed by atoms with Crippen LogP contribution in [-0.4, -0.2) is 21.6 Å². The number of nitrogens with zero attached hydrogens (tertiary/aromatic N) is 4. The average molecular weight is 295 g/mol. The van der Waals surface area contributed by atoms with Gasteiger partial charge in [0.1, 0.15) is 6.07 Å². The van der Waals surface area contributed by atoms with Gasteiger partial charge in [-0.1, -0.05) is 12.1 Å². The Hall–Kier alpha value is -2.36. The molecule has 104 valence electrons. The van der Waals surface area contributed by atoms with Gasteiger partial charge in [0.25, 0.3) is 0 Å². The van der Waals surface area contributed by atoms with Gasteiger partial charge in [-0.2, -0.15) is 5.26 Å². The van der Waals surface area contributed by atoms with Gasteiger partial charge in [0.15, 0.2) is 10.8 Å². The van der Waals surface area contributed by atoms with E-state index in [1.807, 2.05) is 54.0 Å². The van der Waals surface area contributed by atoms with E-state index in [0.29, 0.717) is 5.56 Å². The maximum Gasteiger partial charge on any atom is 0.200 e. The summed E-state index contributed by atoms with van der Waals surface area (Å²) in [7, 11) is 1.89. The lowest BCUT2D eigenvalue weighted by molar-refractivity contribution is 0.816. The van der Waals surface area contributed by atoms with Crippen LogP contribution in [0.3, 0.4) is 0 Å². The van der Waals surface area contributed by atoms with E-state index in [0.717, 1.165) is 27.8 Å². The molecule has 0 radical (unpaired) electrons. The monoisotopic (exact) mass is 295 g/mol. The Labute approximate surface area is 126 Å². The van der Waals surface area contributed by atoms with E-state index < -0.39 is 0 Å². The third-order valence-electron chi connectivity index (χ3n) is 3.03. The molecule has 1 N–H and O–H groups in total. The molecule has 0 atom stereocenters. The van der Waals surface area contributed by atoms with Crippen molar-refractivity contribution in [3.63, 3.8) is 0 Å². The van der Waals surface area contributed by atoms with E-state index in [2.05, 4.69) is 21.6 Å². The topological polar surface area (TPSA) is 66.0 Å². The highest BCUT2D eigenvalue weighted by Crippen LogP contribution is 2.29. The summed E-state index contributed by atoms with van der Waals surface area (Å²) in [5.74, 6) is 0. The van der Waals surface area contributed by atoms with Gasteiger partial charge in [0.05, 0.1) is 5.56 Å². The van der Waals surface area contributed by atoms with Crippen LogP contribution in [0.5, 0.6) is 0 Å². The fourth-order valence-corrected chi connectivity index (χ4v) is 2.94. The molecule has 0 spiro atoms. The maximum atomic E-state index is 9.33. The van der Waals surface area contributed by atoms with E-state index in [1.165, 1.54) is 11.8 Å². The van der Waals surface area contributed by atoms with Crippen LogP contribution in [0.25, 0.3) is 5.65 Å². The second kappa shape index (κ2) is 5.95. The molecular weight excluding hydrogens is 282 g/mol. The molecular formula is C15H13N5S. The highest BCUT2D eigenvalue weighted by Gasteiger charge is 2.10. The van der Waals surface area contributed by atoms with Crippen LogP contribution in [0.2, 0.25) is 0 Å². The number of rotatable bonds is 4. The molecule has 0 amide bonds. The van der Waals surface area contributed by atoms with Crippen LogP contribution in [0.1, 0.15) is 11.1 Å². The second-order valence-electron chi connectivity index (χ2n) is 4.49. The number of hydrogen-bond acceptors (Lipinski definition) is 5. The van der Waals surface area contributed by atoms with Gasteiger partial charge in [0.2, 0.25) is 0 Å². The van der Waals surface area contributed by atoms with Crippen molar-refractivity contribution in [3.8, 4) is 6.07 Å². The lowest BCUT2D eigenvalue weighted by Gasteiger charge is -2.05. The average Bonchev–Trinajstić information content (AvgIpc) is 2.92. The van der Waals surface area contributed by atoms with Gasteiger partial charge >= 0.3 is 0 Å². The minimum Gasteiger partial charge on any atom is -0.316 e. The van der Waals surface area contributed by atoms with Crippen LogP contribution in [-0.2, 0) is 6.54 Å². The lowest BCUT2D eigenvalue weighted by Crippen LogP contribution is -2.05. The summed E-state index contributed by atoms with van der Waals surface area (Å²) in [5.41, 5.74) is 2.54. The zero-order valence-electron chi connectivity index (χ0n) is 11.4. The van der Waals surface area contributed by atoms with Gasteiger partial charge in [-0.15, -0.1) is 10.2 Å². The molecule has 3 rings (SSSR count). The summed E-state index contributed by atoms with van der Waals surface area (Å²) in [6.07, 6.45) is 1.92. The van der Waals surface area contributed by atoms with E-state index in [9.17, 15) is 5.26 Å².